The largest absolute Gasteiger partial charge is 0.298 e. The van der Waals surface area contributed by atoms with Crippen LogP contribution in [-0.2, 0) is 0 Å². The fourth-order valence-electron chi connectivity index (χ4n) is 3.34. The van der Waals surface area contributed by atoms with Gasteiger partial charge in [-0.3, -0.25) is 25.2 Å². The van der Waals surface area contributed by atoms with Gasteiger partial charge in [-0.05, 0) is 61.0 Å². The third kappa shape index (κ3) is 4.03. The monoisotopic (exact) mass is 438 g/mol. The number of aromatic nitrogens is 5. The minimum absolute atomic E-state index is 0.207. The number of aryl methyl sites for hydroxylation is 1. The van der Waals surface area contributed by atoms with Gasteiger partial charge in [-0.15, -0.1) is 0 Å². The summed E-state index contributed by atoms with van der Waals surface area (Å²) < 4.78 is 0. The van der Waals surface area contributed by atoms with Crippen LogP contribution in [0, 0.1) is 6.92 Å². The van der Waals surface area contributed by atoms with E-state index in [1.807, 2.05) is 49.4 Å². The molecule has 4 aromatic heterocycles. The summed E-state index contributed by atoms with van der Waals surface area (Å²) in [7, 11) is 0. The van der Waals surface area contributed by atoms with Crippen molar-refractivity contribution in [2.24, 2.45) is 0 Å². The number of amides is 1. The standard InChI is InChI=1S/C24H18N6OS/c1-15-22(32-24(27-15)28-23(31)16-9-12-25-13-10-16)17-5-7-19-20(29-30-21(19)14-17)8-6-18-4-2-3-11-26-18/h2-14H,1H3,(H,29,30)(H,27,28,31)/b8-6+. The number of thiazole rings is 1. The summed E-state index contributed by atoms with van der Waals surface area (Å²) >= 11 is 1.44. The topological polar surface area (TPSA) is 96.5 Å². The van der Waals surface area contributed by atoms with Crippen LogP contribution in [0.25, 0.3) is 33.5 Å². The number of rotatable bonds is 5. The van der Waals surface area contributed by atoms with E-state index in [9.17, 15) is 4.79 Å². The number of H-pyrrole nitrogens is 1. The van der Waals surface area contributed by atoms with Crippen LogP contribution in [0.2, 0.25) is 0 Å². The number of aromatic amines is 1. The molecule has 1 amide bonds. The molecule has 156 valence electrons. The molecule has 0 aliphatic carbocycles. The number of carbonyl (C=O) groups is 1. The van der Waals surface area contributed by atoms with Crippen molar-refractivity contribution in [1.29, 1.82) is 0 Å². The van der Waals surface area contributed by atoms with Crippen LogP contribution in [0.3, 0.4) is 0 Å². The van der Waals surface area contributed by atoms with E-state index in [2.05, 4.69) is 36.5 Å². The Bertz CT molecular complexity index is 1420. The number of hydrogen-bond donors (Lipinski definition) is 2. The Hall–Kier alpha value is -4.17. The van der Waals surface area contributed by atoms with Gasteiger partial charge in [-0.1, -0.05) is 23.5 Å². The van der Waals surface area contributed by atoms with Crippen molar-refractivity contribution >= 4 is 45.4 Å². The molecule has 4 heterocycles. The van der Waals surface area contributed by atoms with Crippen LogP contribution in [0.4, 0.5) is 5.13 Å². The number of carbonyl (C=O) groups excluding carboxylic acids is 1. The van der Waals surface area contributed by atoms with Crippen molar-refractivity contribution < 1.29 is 4.79 Å². The molecule has 7 nitrogen and oxygen atoms in total. The minimum Gasteiger partial charge on any atom is -0.298 e. The fraction of sp³-hybridized carbons (Fsp3) is 0.0417. The Morgan fingerprint density at radius 2 is 1.94 bits per heavy atom. The van der Waals surface area contributed by atoms with Gasteiger partial charge in [0.2, 0.25) is 0 Å². The molecule has 0 fully saturated rings. The SMILES string of the molecule is Cc1nc(NC(=O)c2ccncc2)sc1-c1ccc2c(/C=C/c3ccccn3)n[nH]c2c1. The molecule has 0 bridgehead atoms. The number of nitrogens with zero attached hydrogens (tertiary/aromatic N) is 4. The van der Waals surface area contributed by atoms with E-state index in [0.29, 0.717) is 10.7 Å². The molecule has 0 unspecified atom stereocenters. The molecule has 8 heteroatoms. The fourth-order valence-corrected chi connectivity index (χ4v) is 4.30. The highest BCUT2D eigenvalue weighted by atomic mass is 32.1. The van der Waals surface area contributed by atoms with Crippen LogP contribution < -0.4 is 5.32 Å². The second-order valence-corrected chi connectivity index (χ2v) is 8.08. The van der Waals surface area contributed by atoms with Gasteiger partial charge in [-0.2, -0.15) is 5.10 Å². The van der Waals surface area contributed by atoms with Crippen LogP contribution in [0.1, 0.15) is 27.4 Å². The van der Waals surface area contributed by atoms with Gasteiger partial charge in [0, 0.05) is 29.5 Å². The lowest BCUT2D eigenvalue weighted by Gasteiger charge is -2.00. The first-order chi connectivity index (χ1) is 15.7. The van der Waals surface area contributed by atoms with Crippen molar-refractivity contribution in [3.63, 3.8) is 0 Å². The zero-order valence-electron chi connectivity index (χ0n) is 17.1. The number of anilines is 1. The van der Waals surface area contributed by atoms with Crippen molar-refractivity contribution in [1.82, 2.24) is 25.1 Å². The smallest absolute Gasteiger partial charge is 0.257 e. The van der Waals surface area contributed by atoms with Gasteiger partial charge < -0.3 is 0 Å². The van der Waals surface area contributed by atoms with E-state index in [1.54, 1.807) is 30.7 Å². The van der Waals surface area contributed by atoms with Crippen molar-refractivity contribution in [3.8, 4) is 10.4 Å². The zero-order chi connectivity index (χ0) is 21.9. The van der Waals surface area contributed by atoms with E-state index in [-0.39, 0.29) is 5.91 Å². The Labute approximate surface area is 187 Å². The Balaban J connectivity index is 1.39. The molecule has 5 rings (SSSR count). The first kappa shape index (κ1) is 19.8. The summed E-state index contributed by atoms with van der Waals surface area (Å²) in [6, 6.07) is 15.3. The molecule has 0 aliphatic rings. The van der Waals surface area contributed by atoms with Gasteiger partial charge in [0.15, 0.2) is 5.13 Å². The second kappa shape index (κ2) is 8.52. The molecular weight excluding hydrogens is 420 g/mol. The summed E-state index contributed by atoms with van der Waals surface area (Å²) in [5, 5.41) is 12.0. The summed E-state index contributed by atoms with van der Waals surface area (Å²) in [4.78, 5) is 26.2. The molecule has 0 radical (unpaired) electrons. The van der Waals surface area contributed by atoms with Gasteiger partial charge in [0.05, 0.1) is 27.5 Å². The highest BCUT2D eigenvalue weighted by Gasteiger charge is 2.14. The Morgan fingerprint density at radius 1 is 1.06 bits per heavy atom. The lowest BCUT2D eigenvalue weighted by Crippen LogP contribution is -2.11. The normalized spacial score (nSPS) is 11.3. The second-order valence-electron chi connectivity index (χ2n) is 7.08. The maximum Gasteiger partial charge on any atom is 0.257 e. The average Bonchev–Trinajstić information content (AvgIpc) is 3.41. The first-order valence-corrected chi connectivity index (χ1v) is 10.8. The number of pyridine rings is 2. The molecule has 32 heavy (non-hydrogen) atoms. The summed E-state index contributed by atoms with van der Waals surface area (Å²) in [6.07, 6.45) is 8.83. The average molecular weight is 439 g/mol. The molecule has 0 saturated heterocycles. The van der Waals surface area contributed by atoms with E-state index in [0.717, 1.165) is 38.4 Å². The maximum absolute atomic E-state index is 12.4. The van der Waals surface area contributed by atoms with Crippen LogP contribution in [0.5, 0.6) is 0 Å². The van der Waals surface area contributed by atoms with Crippen LogP contribution >= 0.6 is 11.3 Å². The molecule has 5 aromatic rings. The minimum atomic E-state index is -0.207. The Kier molecular flexibility index (Phi) is 5.27. The van der Waals surface area contributed by atoms with Gasteiger partial charge in [-0.25, -0.2) is 4.98 Å². The number of nitrogens with one attached hydrogen (secondary N) is 2. The lowest BCUT2D eigenvalue weighted by atomic mass is 10.1. The predicted octanol–water partition coefficient (Wildman–Crippen LogP) is 5.21. The van der Waals surface area contributed by atoms with E-state index in [4.69, 9.17) is 0 Å². The van der Waals surface area contributed by atoms with E-state index >= 15 is 0 Å². The quantitative estimate of drug-likeness (QED) is 0.393. The van der Waals surface area contributed by atoms with Crippen molar-refractivity contribution in [2.45, 2.75) is 6.92 Å². The highest BCUT2D eigenvalue weighted by Crippen LogP contribution is 2.34. The molecule has 1 aromatic carbocycles. The summed E-state index contributed by atoms with van der Waals surface area (Å²) in [5.74, 6) is -0.207. The maximum atomic E-state index is 12.4. The molecule has 0 aliphatic heterocycles. The molecule has 0 atom stereocenters. The predicted molar refractivity (Wildman–Crippen MR) is 127 cm³/mol. The molecule has 2 N–H and O–H groups in total. The summed E-state index contributed by atoms with van der Waals surface area (Å²) in [5.41, 5.74) is 5.07. The molecule has 0 saturated carbocycles. The zero-order valence-corrected chi connectivity index (χ0v) is 17.9. The van der Waals surface area contributed by atoms with Gasteiger partial charge >= 0.3 is 0 Å². The molecule has 0 spiro atoms. The van der Waals surface area contributed by atoms with E-state index in [1.165, 1.54) is 11.3 Å². The number of benzene rings is 1. The van der Waals surface area contributed by atoms with Gasteiger partial charge in [0.25, 0.3) is 5.91 Å². The summed E-state index contributed by atoms with van der Waals surface area (Å²) in [6.45, 7) is 1.94. The Morgan fingerprint density at radius 3 is 2.75 bits per heavy atom. The third-order valence-corrected chi connectivity index (χ3v) is 6.04. The molecular formula is C24H18N6OS. The highest BCUT2D eigenvalue weighted by molar-refractivity contribution is 7.19. The third-order valence-electron chi connectivity index (χ3n) is 4.91. The van der Waals surface area contributed by atoms with Crippen molar-refractivity contribution in [2.75, 3.05) is 5.32 Å². The van der Waals surface area contributed by atoms with Crippen LogP contribution in [-0.4, -0.2) is 31.1 Å². The first-order valence-electron chi connectivity index (χ1n) is 9.94. The number of hydrogen-bond acceptors (Lipinski definition) is 6. The lowest BCUT2D eigenvalue weighted by molar-refractivity contribution is 0.102. The van der Waals surface area contributed by atoms with Crippen molar-refractivity contribution in [3.05, 3.63) is 89.8 Å². The van der Waals surface area contributed by atoms with E-state index < -0.39 is 0 Å². The number of fused-ring (bicyclic) bond motifs is 1. The van der Waals surface area contributed by atoms with Gasteiger partial charge in [0.1, 0.15) is 0 Å². The van der Waals surface area contributed by atoms with Crippen LogP contribution in [0.15, 0.2) is 67.1 Å².